The summed E-state index contributed by atoms with van der Waals surface area (Å²) in [6.45, 7) is 10.8. The van der Waals surface area contributed by atoms with Gasteiger partial charge in [-0.25, -0.2) is 4.98 Å². The fourth-order valence-corrected chi connectivity index (χ4v) is 4.61. The fourth-order valence-electron chi connectivity index (χ4n) is 4.04. The number of aryl methyl sites for hydroxylation is 1. The first-order chi connectivity index (χ1) is 15.9. The van der Waals surface area contributed by atoms with Crippen molar-refractivity contribution in [1.82, 2.24) is 4.98 Å². The number of allylic oxidation sites excluding steroid dienone is 3. The van der Waals surface area contributed by atoms with Crippen LogP contribution >= 0.6 is 11.3 Å². The van der Waals surface area contributed by atoms with Gasteiger partial charge in [0, 0.05) is 24.1 Å². The molecule has 188 valence electrons. The van der Waals surface area contributed by atoms with E-state index in [9.17, 15) is 19.8 Å². The molecule has 0 aromatic carbocycles. The van der Waals surface area contributed by atoms with Gasteiger partial charge in [0.15, 0.2) is 5.78 Å². The summed E-state index contributed by atoms with van der Waals surface area (Å²) >= 11 is 1.56. The van der Waals surface area contributed by atoms with Crippen molar-refractivity contribution in [1.29, 1.82) is 0 Å². The van der Waals surface area contributed by atoms with E-state index in [0.717, 1.165) is 28.3 Å². The molecule has 5 unspecified atom stereocenters. The van der Waals surface area contributed by atoms with Crippen LogP contribution in [0, 0.1) is 18.8 Å². The lowest BCUT2D eigenvalue weighted by Gasteiger charge is -2.30. The molecule has 34 heavy (non-hydrogen) atoms. The van der Waals surface area contributed by atoms with Crippen LogP contribution in [-0.4, -0.2) is 44.8 Å². The molecular weight excluding hydrogens is 450 g/mol. The Labute approximate surface area is 207 Å². The number of hydrogen-bond donors (Lipinski definition) is 2. The number of carbonyl (C=O) groups excluding carboxylic acids is 2. The Morgan fingerprint density at radius 1 is 1.24 bits per heavy atom. The molecule has 0 aliphatic carbocycles. The fraction of sp³-hybridized carbons (Fsp3) is 0.593. The van der Waals surface area contributed by atoms with Crippen molar-refractivity contribution < 1.29 is 24.5 Å². The molecule has 0 radical (unpaired) electrons. The van der Waals surface area contributed by atoms with E-state index in [1.807, 2.05) is 45.2 Å². The standard InChI is InChI=1S/C27H39NO5S/c1-17-9-7-8-10-18(2)25(30)20(4)26(31)27(6,32)14-13-24(29)33-23(12-11-17)19(3)15-22-16-34-21(5)28-22/h7-8,11,15-16,18,20,23,25,30,32H,9-10,12-14H2,1-6H3/b8-7-,17-11-,19-15+. The molecule has 0 saturated carbocycles. The lowest BCUT2D eigenvalue weighted by Crippen LogP contribution is -2.44. The Kier molecular flexibility index (Phi) is 10.4. The third-order valence-corrected chi connectivity index (χ3v) is 7.24. The number of aliphatic hydroxyl groups excluding tert-OH is 1. The summed E-state index contributed by atoms with van der Waals surface area (Å²) in [5.74, 6) is -1.82. The molecule has 2 heterocycles. The number of cyclic esters (lactones) is 1. The van der Waals surface area contributed by atoms with Crippen LogP contribution < -0.4 is 0 Å². The predicted molar refractivity (Wildman–Crippen MR) is 136 cm³/mol. The molecule has 6 nitrogen and oxygen atoms in total. The Bertz CT molecular complexity index is 943. The number of carbonyl (C=O) groups is 2. The lowest BCUT2D eigenvalue weighted by atomic mass is 9.81. The molecule has 2 rings (SSSR count). The maximum Gasteiger partial charge on any atom is 0.306 e. The van der Waals surface area contributed by atoms with E-state index < -0.39 is 35.5 Å². The van der Waals surface area contributed by atoms with Crippen molar-refractivity contribution in [3.63, 3.8) is 0 Å². The zero-order valence-corrected chi connectivity index (χ0v) is 22.0. The topological polar surface area (TPSA) is 96.7 Å². The first kappa shape index (κ1) is 28.1. The van der Waals surface area contributed by atoms with Gasteiger partial charge in [0.1, 0.15) is 11.7 Å². The van der Waals surface area contributed by atoms with Crippen molar-refractivity contribution in [2.75, 3.05) is 0 Å². The quantitative estimate of drug-likeness (QED) is 0.439. The van der Waals surface area contributed by atoms with E-state index in [2.05, 4.69) is 17.1 Å². The van der Waals surface area contributed by atoms with Crippen LogP contribution in [0.5, 0.6) is 0 Å². The van der Waals surface area contributed by atoms with Crippen LogP contribution in [0.25, 0.3) is 6.08 Å². The highest BCUT2D eigenvalue weighted by Crippen LogP contribution is 2.26. The van der Waals surface area contributed by atoms with E-state index in [4.69, 9.17) is 4.74 Å². The number of ether oxygens (including phenoxy) is 1. The zero-order valence-electron chi connectivity index (χ0n) is 21.2. The number of Topliss-reactive ketones (excluding diaryl/α,β-unsaturated/α-hetero) is 1. The van der Waals surface area contributed by atoms with Crippen LogP contribution in [0.1, 0.15) is 77.4 Å². The van der Waals surface area contributed by atoms with Gasteiger partial charge in [-0.15, -0.1) is 11.3 Å². The van der Waals surface area contributed by atoms with Crippen molar-refractivity contribution in [2.24, 2.45) is 11.8 Å². The lowest BCUT2D eigenvalue weighted by molar-refractivity contribution is -0.151. The third kappa shape index (κ3) is 8.29. The number of rotatable bonds is 2. The molecule has 0 fully saturated rings. The van der Waals surface area contributed by atoms with E-state index >= 15 is 0 Å². The van der Waals surface area contributed by atoms with Gasteiger partial charge in [-0.05, 0) is 64.5 Å². The van der Waals surface area contributed by atoms with E-state index in [1.165, 1.54) is 6.92 Å². The van der Waals surface area contributed by atoms with Gasteiger partial charge < -0.3 is 14.9 Å². The van der Waals surface area contributed by atoms with Gasteiger partial charge in [-0.3, -0.25) is 9.59 Å². The summed E-state index contributed by atoms with van der Waals surface area (Å²) in [6.07, 6.45) is 8.48. The second-order valence-electron chi connectivity index (χ2n) is 9.75. The van der Waals surface area contributed by atoms with Gasteiger partial charge in [0.2, 0.25) is 0 Å². The predicted octanol–water partition coefficient (Wildman–Crippen LogP) is 5.19. The van der Waals surface area contributed by atoms with Crippen LogP contribution in [-0.2, 0) is 14.3 Å². The molecule has 0 bridgehead atoms. The Hall–Kier alpha value is -2.09. The molecule has 0 amide bonds. The maximum atomic E-state index is 12.9. The number of nitrogens with zero attached hydrogens (tertiary/aromatic N) is 1. The second-order valence-corrected chi connectivity index (χ2v) is 10.8. The Morgan fingerprint density at radius 3 is 2.59 bits per heavy atom. The molecule has 0 spiro atoms. The van der Waals surface area contributed by atoms with Crippen molar-refractivity contribution in [3.8, 4) is 0 Å². The van der Waals surface area contributed by atoms with Crippen LogP contribution in [0.4, 0.5) is 0 Å². The summed E-state index contributed by atoms with van der Waals surface area (Å²) in [6, 6.07) is 0. The number of aromatic nitrogens is 1. The van der Waals surface area contributed by atoms with Crippen molar-refractivity contribution in [2.45, 2.75) is 91.5 Å². The highest BCUT2D eigenvalue weighted by Gasteiger charge is 2.38. The van der Waals surface area contributed by atoms with Gasteiger partial charge in [-0.2, -0.15) is 0 Å². The Morgan fingerprint density at radius 2 is 1.94 bits per heavy atom. The van der Waals surface area contributed by atoms with E-state index in [0.29, 0.717) is 12.8 Å². The Balaban J connectivity index is 2.29. The normalized spacial score (nSPS) is 33.5. The number of aliphatic hydroxyl groups is 2. The smallest absolute Gasteiger partial charge is 0.306 e. The van der Waals surface area contributed by atoms with Crippen LogP contribution in [0.15, 0.2) is 34.8 Å². The average Bonchev–Trinajstić information content (AvgIpc) is 3.19. The van der Waals surface area contributed by atoms with Gasteiger partial charge in [0.05, 0.1) is 16.8 Å². The minimum Gasteiger partial charge on any atom is -0.457 e. The van der Waals surface area contributed by atoms with Gasteiger partial charge in [-0.1, -0.05) is 37.6 Å². The van der Waals surface area contributed by atoms with Crippen molar-refractivity contribution >= 4 is 29.2 Å². The number of thiazole rings is 1. The summed E-state index contributed by atoms with van der Waals surface area (Å²) in [5.41, 5.74) is 1.14. The molecule has 0 saturated heterocycles. The van der Waals surface area contributed by atoms with Gasteiger partial charge >= 0.3 is 5.97 Å². The second kappa shape index (κ2) is 12.6. The SMILES string of the molecule is C/C1=C/CC(/C(C)=C/c2csc(C)n2)OC(=O)CCC(C)(O)C(=O)C(C)C(O)C(C)C/C=C\C1. The molecule has 1 aromatic heterocycles. The largest absolute Gasteiger partial charge is 0.457 e. The summed E-state index contributed by atoms with van der Waals surface area (Å²) in [4.78, 5) is 30.1. The molecule has 2 N–H and O–H groups in total. The first-order valence-corrected chi connectivity index (χ1v) is 12.8. The van der Waals surface area contributed by atoms with Crippen LogP contribution in [0.2, 0.25) is 0 Å². The number of ketones is 1. The maximum absolute atomic E-state index is 12.9. The van der Waals surface area contributed by atoms with E-state index in [1.54, 1.807) is 18.3 Å². The molecule has 7 heteroatoms. The molecule has 1 aliphatic heterocycles. The number of esters is 1. The summed E-state index contributed by atoms with van der Waals surface area (Å²) < 4.78 is 5.79. The summed E-state index contributed by atoms with van der Waals surface area (Å²) in [5, 5.41) is 24.4. The minimum atomic E-state index is -1.72. The zero-order chi connectivity index (χ0) is 25.5. The summed E-state index contributed by atoms with van der Waals surface area (Å²) in [7, 11) is 0. The van der Waals surface area contributed by atoms with E-state index in [-0.39, 0.29) is 18.8 Å². The minimum absolute atomic E-state index is 0.0638. The highest BCUT2D eigenvalue weighted by molar-refractivity contribution is 7.09. The molecule has 5 atom stereocenters. The molecular formula is C27H39NO5S. The van der Waals surface area contributed by atoms with Crippen LogP contribution in [0.3, 0.4) is 0 Å². The third-order valence-electron chi connectivity index (χ3n) is 6.44. The monoisotopic (exact) mass is 489 g/mol. The van der Waals surface area contributed by atoms with Gasteiger partial charge in [0.25, 0.3) is 0 Å². The number of hydrogen-bond acceptors (Lipinski definition) is 7. The first-order valence-electron chi connectivity index (χ1n) is 12.0. The highest BCUT2D eigenvalue weighted by atomic mass is 32.1. The molecule has 1 aliphatic rings. The molecule has 1 aromatic rings. The van der Waals surface area contributed by atoms with Crippen molar-refractivity contribution in [3.05, 3.63) is 45.5 Å². The average molecular weight is 490 g/mol.